The Hall–Kier alpha value is -2.02. The summed E-state index contributed by atoms with van der Waals surface area (Å²) >= 11 is 0. The number of nitrogens with zero attached hydrogens (tertiary/aromatic N) is 1. The van der Waals surface area contributed by atoms with Crippen molar-refractivity contribution in [3.8, 4) is 0 Å². The Morgan fingerprint density at radius 2 is 1.48 bits per heavy atom. The summed E-state index contributed by atoms with van der Waals surface area (Å²) in [4.78, 5) is 2.61. The van der Waals surface area contributed by atoms with Crippen LogP contribution in [0.25, 0.3) is 21.5 Å². The lowest BCUT2D eigenvalue weighted by Gasteiger charge is -2.42. The largest absolute Gasteiger partial charge is 0.368 e. The fourth-order valence-electron chi connectivity index (χ4n) is 5.29. The van der Waals surface area contributed by atoms with Gasteiger partial charge in [-0.3, -0.25) is 0 Å². The summed E-state index contributed by atoms with van der Waals surface area (Å²) in [5.41, 5.74) is 3.39. The van der Waals surface area contributed by atoms with Crippen molar-refractivity contribution in [2.75, 3.05) is 11.9 Å². The molecule has 0 amide bonds. The predicted octanol–water partition coefficient (Wildman–Crippen LogP) is 5.86. The number of benzene rings is 3. The molecule has 0 bridgehead atoms. The molecule has 2 aliphatic rings. The van der Waals surface area contributed by atoms with Crippen LogP contribution in [-0.2, 0) is 0 Å². The molecule has 0 aromatic heterocycles. The van der Waals surface area contributed by atoms with Gasteiger partial charge in [-0.25, -0.2) is 0 Å². The van der Waals surface area contributed by atoms with Gasteiger partial charge in [0.25, 0.3) is 0 Å². The number of hydrogen-bond donors (Lipinski definition) is 0. The molecular weight excluding hydrogens is 278 g/mol. The zero-order valence-electron chi connectivity index (χ0n) is 14.0. The van der Waals surface area contributed by atoms with Crippen LogP contribution in [0.3, 0.4) is 0 Å². The monoisotopic (exact) mass is 301 g/mol. The van der Waals surface area contributed by atoms with E-state index in [1.54, 1.807) is 5.56 Å². The van der Waals surface area contributed by atoms with Gasteiger partial charge in [0.1, 0.15) is 0 Å². The quantitative estimate of drug-likeness (QED) is 0.470. The summed E-state index contributed by atoms with van der Waals surface area (Å²) in [6.07, 6.45) is 5.37. The van der Waals surface area contributed by atoms with Crippen LogP contribution in [0.2, 0.25) is 0 Å². The fraction of sp³-hybridized carbons (Fsp3) is 0.364. The van der Waals surface area contributed by atoms with Crippen molar-refractivity contribution in [3.63, 3.8) is 0 Å². The highest BCUT2D eigenvalue weighted by Crippen LogP contribution is 2.58. The van der Waals surface area contributed by atoms with Crippen LogP contribution in [0.15, 0.2) is 48.5 Å². The third kappa shape index (κ3) is 1.58. The number of anilines is 1. The van der Waals surface area contributed by atoms with Gasteiger partial charge in [-0.15, -0.1) is 0 Å². The van der Waals surface area contributed by atoms with Crippen LogP contribution in [0.4, 0.5) is 5.69 Å². The Morgan fingerprint density at radius 3 is 2.22 bits per heavy atom. The molecule has 0 spiro atoms. The summed E-state index contributed by atoms with van der Waals surface area (Å²) in [5.74, 6) is 0.672. The normalized spacial score (nSPS) is 26.5. The highest BCUT2D eigenvalue weighted by atomic mass is 15.2. The molecule has 2 unspecified atom stereocenters. The van der Waals surface area contributed by atoms with Crippen molar-refractivity contribution < 1.29 is 0 Å². The van der Waals surface area contributed by atoms with Gasteiger partial charge in [0.05, 0.1) is 0 Å². The van der Waals surface area contributed by atoms with Gasteiger partial charge in [-0.2, -0.15) is 0 Å². The summed E-state index contributed by atoms with van der Waals surface area (Å²) < 4.78 is 0. The van der Waals surface area contributed by atoms with Gasteiger partial charge in [-0.05, 0) is 41.5 Å². The summed E-state index contributed by atoms with van der Waals surface area (Å²) in [5, 5.41) is 5.73. The first-order valence-electron chi connectivity index (χ1n) is 8.89. The second-order valence-electron chi connectivity index (χ2n) is 7.57. The minimum absolute atomic E-state index is 0.285. The molecule has 0 saturated heterocycles. The highest BCUT2D eigenvalue weighted by molar-refractivity contribution is 6.16. The Kier molecular flexibility index (Phi) is 2.63. The van der Waals surface area contributed by atoms with E-state index in [1.165, 1.54) is 52.9 Å². The number of rotatable bonds is 0. The van der Waals surface area contributed by atoms with Gasteiger partial charge in [-0.1, -0.05) is 61.4 Å². The molecule has 3 aromatic carbocycles. The molecule has 1 saturated carbocycles. The molecule has 3 aromatic rings. The van der Waals surface area contributed by atoms with Crippen molar-refractivity contribution in [1.29, 1.82) is 0 Å². The lowest BCUT2D eigenvalue weighted by molar-refractivity contribution is 0.284. The smallest absolute Gasteiger partial charge is 0.0490 e. The second-order valence-corrected chi connectivity index (χ2v) is 7.57. The molecule has 5 rings (SSSR count). The zero-order chi connectivity index (χ0) is 15.6. The van der Waals surface area contributed by atoms with E-state index < -0.39 is 0 Å². The van der Waals surface area contributed by atoms with Gasteiger partial charge >= 0.3 is 0 Å². The molecule has 1 heteroatoms. The number of hydrogen-bond acceptors (Lipinski definition) is 1. The molecule has 1 nitrogen and oxygen atoms in total. The first-order chi connectivity index (χ1) is 11.2. The van der Waals surface area contributed by atoms with E-state index in [1.807, 2.05) is 0 Å². The van der Waals surface area contributed by atoms with E-state index in [9.17, 15) is 0 Å². The molecule has 1 aliphatic heterocycles. The topological polar surface area (TPSA) is 3.24 Å². The van der Waals surface area contributed by atoms with Crippen LogP contribution in [-0.4, -0.2) is 12.6 Å². The van der Waals surface area contributed by atoms with Crippen molar-refractivity contribution in [1.82, 2.24) is 0 Å². The molecule has 0 N–H and O–H groups in total. The van der Waals surface area contributed by atoms with E-state index >= 15 is 0 Å². The molecule has 0 radical (unpaired) electrons. The van der Waals surface area contributed by atoms with Crippen LogP contribution in [0, 0.1) is 0 Å². The Labute approximate surface area is 137 Å². The SMILES string of the molecule is CN1c2c(c3ccccc3c3ccccc23)C2CCCCC21C. The minimum atomic E-state index is 0.285. The lowest BCUT2D eigenvalue weighted by Crippen LogP contribution is -2.45. The van der Waals surface area contributed by atoms with Crippen LogP contribution < -0.4 is 4.90 Å². The molecule has 1 aliphatic carbocycles. The second kappa shape index (κ2) is 4.50. The molecular formula is C22H23N. The van der Waals surface area contributed by atoms with Crippen LogP contribution >= 0.6 is 0 Å². The van der Waals surface area contributed by atoms with E-state index in [-0.39, 0.29) is 5.54 Å². The minimum Gasteiger partial charge on any atom is -0.368 e. The van der Waals surface area contributed by atoms with E-state index in [2.05, 4.69) is 67.4 Å². The van der Waals surface area contributed by atoms with E-state index in [0.717, 1.165) is 0 Å². The maximum atomic E-state index is 2.61. The van der Waals surface area contributed by atoms with Crippen molar-refractivity contribution in [2.45, 2.75) is 44.1 Å². The Morgan fingerprint density at radius 1 is 0.870 bits per heavy atom. The summed E-state index contributed by atoms with van der Waals surface area (Å²) in [6.45, 7) is 2.49. The number of likely N-dealkylation sites (N-methyl/N-ethyl adjacent to an activating group) is 1. The number of fused-ring (bicyclic) bond motifs is 8. The molecule has 1 heterocycles. The third-order valence-electron chi connectivity index (χ3n) is 6.57. The maximum Gasteiger partial charge on any atom is 0.0490 e. The predicted molar refractivity (Wildman–Crippen MR) is 99.5 cm³/mol. The van der Waals surface area contributed by atoms with Crippen LogP contribution in [0.5, 0.6) is 0 Å². The summed E-state index contributed by atoms with van der Waals surface area (Å²) in [6, 6.07) is 18.0. The Balaban J connectivity index is 1.98. The van der Waals surface area contributed by atoms with Gasteiger partial charge in [0.15, 0.2) is 0 Å². The first kappa shape index (κ1) is 13.4. The molecule has 23 heavy (non-hydrogen) atoms. The van der Waals surface area contributed by atoms with Crippen molar-refractivity contribution >= 4 is 27.2 Å². The lowest BCUT2D eigenvalue weighted by atomic mass is 9.72. The first-order valence-corrected chi connectivity index (χ1v) is 8.89. The highest BCUT2D eigenvalue weighted by Gasteiger charge is 2.48. The standard InChI is InChI=1S/C22H23N/c1-22-14-8-7-13-19(22)20-17-11-5-3-9-15(17)16-10-4-6-12-18(16)21(20)23(22)2/h3-6,9-12,19H,7-8,13-14H2,1-2H3. The molecule has 116 valence electrons. The maximum absolute atomic E-state index is 2.61. The summed E-state index contributed by atoms with van der Waals surface area (Å²) in [7, 11) is 2.32. The average molecular weight is 301 g/mol. The average Bonchev–Trinajstić information content (AvgIpc) is 2.84. The van der Waals surface area contributed by atoms with Gasteiger partial charge in [0, 0.05) is 29.6 Å². The zero-order valence-corrected chi connectivity index (χ0v) is 14.0. The Bertz CT molecular complexity index is 926. The molecule has 2 atom stereocenters. The van der Waals surface area contributed by atoms with Gasteiger partial charge in [0.2, 0.25) is 0 Å². The fourth-order valence-corrected chi connectivity index (χ4v) is 5.29. The van der Waals surface area contributed by atoms with E-state index in [4.69, 9.17) is 0 Å². The molecule has 1 fully saturated rings. The third-order valence-corrected chi connectivity index (χ3v) is 6.57. The van der Waals surface area contributed by atoms with Crippen LogP contribution in [0.1, 0.15) is 44.1 Å². The van der Waals surface area contributed by atoms with E-state index in [0.29, 0.717) is 5.92 Å². The van der Waals surface area contributed by atoms with Crippen molar-refractivity contribution in [2.24, 2.45) is 0 Å². The van der Waals surface area contributed by atoms with Crippen molar-refractivity contribution in [3.05, 3.63) is 54.1 Å². The van der Waals surface area contributed by atoms with Gasteiger partial charge < -0.3 is 4.90 Å².